The molecule has 0 saturated heterocycles. The fraction of sp³-hybridized carbons (Fsp3) is 0.455. The van der Waals surface area contributed by atoms with Crippen molar-refractivity contribution in [2.45, 2.75) is 19.8 Å². The average Bonchev–Trinajstić information content (AvgIpc) is 2.14. The molecule has 0 heterocycles. The summed E-state index contributed by atoms with van der Waals surface area (Å²) in [6, 6.07) is 3.53. The summed E-state index contributed by atoms with van der Waals surface area (Å²) in [6.07, 6.45) is 1.09. The van der Waals surface area contributed by atoms with Gasteiger partial charge in [-0.05, 0) is 23.6 Å². The summed E-state index contributed by atoms with van der Waals surface area (Å²) >= 11 is 0. The minimum atomic E-state index is -3.35. The first-order valence-corrected chi connectivity index (χ1v) is 7.09. The Morgan fingerprint density at radius 3 is 2.35 bits per heavy atom. The van der Waals surface area contributed by atoms with Gasteiger partial charge in [-0.15, -0.1) is 0 Å². The van der Waals surface area contributed by atoms with Gasteiger partial charge in [0.25, 0.3) is 0 Å². The highest BCUT2D eigenvalue weighted by Crippen LogP contribution is 2.35. The van der Waals surface area contributed by atoms with Crippen LogP contribution in [-0.2, 0) is 10.0 Å². The lowest BCUT2D eigenvalue weighted by molar-refractivity contribution is 0.419. The number of ether oxygens (including phenoxy) is 1. The van der Waals surface area contributed by atoms with Crippen LogP contribution in [0.2, 0.25) is 0 Å². The quantitative estimate of drug-likeness (QED) is 0.806. The molecule has 3 N–H and O–H groups in total. The summed E-state index contributed by atoms with van der Waals surface area (Å²) < 4.78 is 30.0. The van der Waals surface area contributed by atoms with Crippen LogP contribution in [0.25, 0.3) is 0 Å². The van der Waals surface area contributed by atoms with Crippen LogP contribution in [0.15, 0.2) is 12.1 Å². The van der Waals surface area contributed by atoms with E-state index in [1.807, 2.05) is 13.8 Å². The van der Waals surface area contributed by atoms with E-state index in [1.165, 1.54) is 7.11 Å². The molecule has 1 rings (SSSR count). The largest absolute Gasteiger partial charge is 0.492 e. The minimum Gasteiger partial charge on any atom is -0.492 e. The second kappa shape index (κ2) is 4.83. The van der Waals surface area contributed by atoms with E-state index in [0.717, 1.165) is 11.8 Å². The number of nitrogens with two attached hydrogens (primary N) is 1. The van der Waals surface area contributed by atoms with Crippen molar-refractivity contribution < 1.29 is 13.2 Å². The number of hydrogen-bond donors (Lipinski definition) is 2. The Hall–Kier alpha value is -1.43. The monoisotopic (exact) mass is 258 g/mol. The highest BCUT2D eigenvalue weighted by Gasteiger charge is 2.14. The lowest BCUT2D eigenvalue weighted by Gasteiger charge is -2.15. The Kier molecular flexibility index (Phi) is 3.87. The predicted octanol–water partition coefficient (Wildman–Crippen LogP) is 1.77. The van der Waals surface area contributed by atoms with Crippen LogP contribution in [0.3, 0.4) is 0 Å². The number of hydrogen-bond acceptors (Lipinski definition) is 4. The highest BCUT2D eigenvalue weighted by molar-refractivity contribution is 7.92. The molecule has 0 atom stereocenters. The molecule has 1 aromatic rings. The Balaban J connectivity index is 3.34. The summed E-state index contributed by atoms with van der Waals surface area (Å²) in [4.78, 5) is 0. The molecular weight excluding hydrogens is 240 g/mol. The van der Waals surface area contributed by atoms with Crippen molar-refractivity contribution in [1.82, 2.24) is 0 Å². The van der Waals surface area contributed by atoms with Crippen LogP contribution in [0.5, 0.6) is 5.75 Å². The summed E-state index contributed by atoms with van der Waals surface area (Å²) in [7, 11) is -1.90. The van der Waals surface area contributed by atoms with Crippen molar-refractivity contribution >= 4 is 21.4 Å². The van der Waals surface area contributed by atoms with E-state index in [2.05, 4.69) is 4.72 Å². The third-order valence-corrected chi connectivity index (χ3v) is 2.90. The molecule has 0 aliphatic heterocycles. The van der Waals surface area contributed by atoms with E-state index < -0.39 is 10.0 Å². The van der Waals surface area contributed by atoms with Crippen molar-refractivity contribution in [3.05, 3.63) is 17.7 Å². The first-order valence-electron chi connectivity index (χ1n) is 5.19. The lowest BCUT2D eigenvalue weighted by atomic mass is 10.0. The second-order valence-electron chi connectivity index (χ2n) is 4.22. The van der Waals surface area contributed by atoms with Crippen LogP contribution < -0.4 is 15.2 Å². The van der Waals surface area contributed by atoms with Gasteiger partial charge >= 0.3 is 0 Å². The number of methoxy groups -OCH3 is 1. The van der Waals surface area contributed by atoms with Gasteiger partial charge < -0.3 is 10.5 Å². The highest BCUT2D eigenvalue weighted by atomic mass is 32.2. The Morgan fingerprint density at radius 2 is 1.94 bits per heavy atom. The number of nitrogen functional groups attached to an aromatic ring is 1. The van der Waals surface area contributed by atoms with Gasteiger partial charge in [-0.3, -0.25) is 4.72 Å². The molecular formula is C11H18N2O3S. The zero-order chi connectivity index (χ0) is 13.2. The maximum absolute atomic E-state index is 11.3. The van der Waals surface area contributed by atoms with E-state index in [0.29, 0.717) is 17.1 Å². The van der Waals surface area contributed by atoms with Gasteiger partial charge in [-0.1, -0.05) is 13.8 Å². The predicted molar refractivity (Wildman–Crippen MR) is 70.0 cm³/mol. The third kappa shape index (κ3) is 3.52. The van der Waals surface area contributed by atoms with E-state index in [1.54, 1.807) is 12.1 Å². The number of sulfonamides is 1. The molecule has 0 bridgehead atoms. The van der Waals surface area contributed by atoms with Gasteiger partial charge in [-0.25, -0.2) is 8.42 Å². The molecule has 0 aliphatic carbocycles. The van der Waals surface area contributed by atoms with E-state index in [4.69, 9.17) is 10.5 Å². The van der Waals surface area contributed by atoms with Crippen molar-refractivity contribution in [1.29, 1.82) is 0 Å². The number of nitrogens with one attached hydrogen (secondary N) is 1. The van der Waals surface area contributed by atoms with Crippen LogP contribution in [0.4, 0.5) is 11.4 Å². The zero-order valence-electron chi connectivity index (χ0n) is 10.4. The molecule has 0 aromatic heterocycles. The maximum atomic E-state index is 11.3. The first kappa shape index (κ1) is 13.6. The number of rotatable bonds is 4. The van der Waals surface area contributed by atoms with Crippen molar-refractivity contribution in [2.75, 3.05) is 23.8 Å². The lowest BCUT2D eigenvalue weighted by Crippen LogP contribution is -2.12. The van der Waals surface area contributed by atoms with Crippen LogP contribution in [0, 0.1) is 0 Å². The zero-order valence-corrected chi connectivity index (χ0v) is 11.3. The van der Waals surface area contributed by atoms with Crippen LogP contribution in [0.1, 0.15) is 25.3 Å². The van der Waals surface area contributed by atoms with Crippen molar-refractivity contribution in [2.24, 2.45) is 0 Å². The first-order chi connectivity index (χ1) is 7.74. The van der Waals surface area contributed by atoms with E-state index in [9.17, 15) is 8.42 Å². The van der Waals surface area contributed by atoms with E-state index in [-0.39, 0.29) is 5.92 Å². The third-order valence-electron chi connectivity index (χ3n) is 2.31. The minimum absolute atomic E-state index is 0.253. The SMILES string of the molecule is COc1c(N)cc(C(C)C)cc1NS(C)(=O)=O. The summed E-state index contributed by atoms with van der Waals surface area (Å²) in [5, 5.41) is 0. The van der Waals surface area contributed by atoms with Gasteiger partial charge in [0, 0.05) is 0 Å². The van der Waals surface area contributed by atoms with Gasteiger partial charge in [0.05, 0.1) is 24.7 Å². The topological polar surface area (TPSA) is 81.4 Å². The Labute approximate surface area is 102 Å². The fourth-order valence-corrected chi connectivity index (χ4v) is 2.06. The van der Waals surface area contributed by atoms with Crippen molar-refractivity contribution in [3.63, 3.8) is 0 Å². The number of anilines is 2. The van der Waals surface area contributed by atoms with Crippen LogP contribution in [-0.4, -0.2) is 21.8 Å². The average molecular weight is 258 g/mol. The molecule has 5 nitrogen and oxygen atoms in total. The smallest absolute Gasteiger partial charge is 0.229 e. The molecule has 17 heavy (non-hydrogen) atoms. The fourth-order valence-electron chi connectivity index (χ4n) is 1.51. The van der Waals surface area contributed by atoms with Gasteiger partial charge in [0.1, 0.15) is 0 Å². The molecule has 0 unspecified atom stereocenters. The summed E-state index contributed by atoms with van der Waals surface area (Å²) in [5.41, 5.74) is 7.58. The molecule has 0 saturated carbocycles. The Bertz CT molecular complexity index is 510. The molecule has 1 aromatic carbocycles. The maximum Gasteiger partial charge on any atom is 0.229 e. The van der Waals surface area contributed by atoms with E-state index >= 15 is 0 Å². The Morgan fingerprint density at radius 1 is 1.35 bits per heavy atom. The second-order valence-corrected chi connectivity index (χ2v) is 5.97. The molecule has 0 amide bonds. The number of benzene rings is 1. The standard InChI is InChI=1S/C11H18N2O3S/c1-7(2)8-5-9(12)11(16-3)10(6-8)13-17(4,14)15/h5-7,13H,12H2,1-4H3. The molecule has 0 radical (unpaired) electrons. The van der Waals surface area contributed by atoms with Crippen molar-refractivity contribution in [3.8, 4) is 5.75 Å². The van der Waals surface area contributed by atoms with Gasteiger partial charge in [-0.2, -0.15) is 0 Å². The van der Waals surface area contributed by atoms with Gasteiger partial charge in [0.2, 0.25) is 10.0 Å². The van der Waals surface area contributed by atoms with Gasteiger partial charge in [0.15, 0.2) is 5.75 Å². The summed E-state index contributed by atoms with van der Waals surface area (Å²) in [5.74, 6) is 0.600. The normalized spacial score (nSPS) is 11.6. The van der Waals surface area contributed by atoms with Crippen LogP contribution >= 0.6 is 0 Å². The molecule has 96 valence electrons. The molecule has 6 heteroatoms. The molecule has 0 spiro atoms. The molecule has 0 aliphatic rings. The molecule has 0 fully saturated rings. The summed E-state index contributed by atoms with van der Waals surface area (Å²) in [6.45, 7) is 4.01.